The largest absolute Gasteiger partial charge is 0.481 e. The van der Waals surface area contributed by atoms with Crippen molar-refractivity contribution in [3.63, 3.8) is 0 Å². The third-order valence-electron chi connectivity index (χ3n) is 3.25. The van der Waals surface area contributed by atoms with E-state index in [-0.39, 0.29) is 11.5 Å². The van der Waals surface area contributed by atoms with E-state index in [0.29, 0.717) is 19.8 Å². The lowest BCUT2D eigenvalue weighted by atomic mass is 9.79. The van der Waals surface area contributed by atoms with Crippen molar-refractivity contribution in [1.82, 2.24) is 0 Å². The van der Waals surface area contributed by atoms with Gasteiger partial charge in [0.25, 0.3) is 0 Å². The number of ether oxygens (including phenoxy) is 2. The summed E-state index contributed by atoms with van der Waals surface area (Å²) in [4.78, 5) is 10.8. The average Bonchev–Trinajstić information content (AvgIpc) is 2.19. The van der Waals surface area contributed by atoms with Crippen molar-refractivity contribution in [1.29, 1.82) is 0 Å². The highest BCUT2D eigenvalue weighted by Gasteiger charge is 2.39. The van der Waals surface area contributed by atoms with Crippen LogP contribution in [0.4, 0.5) is 0 Å². The van der Waals surface area contributed by atoms with Crippen LogP contribution in [0.15, 0.2) is 0 Å². The molecule has 2 aliphatic rings. The summed E-state index contributed by atoms with van der Waals surface area (Å²) < 4.78 is 11.1. The maximum atomic E-state index is 10.8. The molecule has 0 radical (unpaired) electrons. The highest BCUT2D eigenvalue weighted by Crippen LogP contribution is 2.36. The maximum Gasteiger partial charge on any atom is 0.306 e. The fraction of sp³-hybridized carbons (Fsp3) is 0.900. The first kappa shape index (κ1) is 9.93. The van der Waals surface area contributed by atoms with E-state index >= 15 is 0 Å². The van der Waals surface area contributed by atoms with E-state index in [1.807, 2.05) is 0 Å². The van der Waals surface area contributed by atoms with Crippen molar-refractivity contribution in [3.05, 3.63) is 0 Å². The molecule has 1 saturated heterocycles. The minimum Gasteiger partial charge on any atom is -0.481 e. The normalized spacial score (nSPS) is 38.4. The van der Waals surface area contributed by atoms with E-state index in [0.717, 1.165) is 25.7 Å². The van der Waals surface area contributed by atoms with Crippen LogP contribution in [0, 0.1) is 5.92 Å². The van der Waals surface area contributed by atoms with Crippen LogP contribution in [0.25, 0.3) is 0 Å². The Morgan fingerprint density at radius 3 is 2.50 bits per heavy atom. The predicted octanol–water partition coefficient (Wildman–Crippen LogP) is 1.05. The third kappa shape index (κ3) is 1.91. The van der Waals surface area contributed by atoms with E-state index in [1.165, 1.54) is 0 Å². The van der Waals surface area contributed by atoms with Gasteiger partial charge in [0.15, 0.2) is 0 Å². The molecule has 1 aliphatic heterocycles. The summed E-state index contributed by atoms with van der Waals surface area (Å²) in [6.45, 7) is 1.96. The summed E-state index contributed by atoms with van der Waals surface area (Å²) in [5.41, 5.74) is -0.163. The Bertz CT molecular complexity index is 210. The van der Waals surface area contributed by atoms with Gasteiger partial charge < -0.3 is 14.6 Å². The van der Waals surface area contributed by atoms with Crippen molar-refractivity contribution in [3.8, 4) is 0 Å². The molecule has 0 unspecified atom stereocenters. The van der Waals surface area contributed by atoms with Gasteiger partial charge in [0.05, 0.1) is 31.3 Å². The number of carboxylic acid groups (broad SMARTS) is 1. The van der Waals surface area contributed by atoms with Crippen molar-refractivity contribution in [2.45, 2.75) is 31.3 Å². The molecular weight excluding hydrogens is 184 g/mol. The monoisotopic (exact) mass is 200 g/mol. The number of carboxylic acids is 1. The second-order valence-corrected chi connectivity index (χ2v) is 4.20. The molecule has 1 saturated carbocycles. The Balaban J connectivity index is 1.90. The summed E-state index contributed by atoms with van der Waals surface area (Å²) in [6, 6.07) is 0. The molecule has 1 heterocycles. The van der Waals surface area contributed by atoms with Crippen LogP contribution in [0.5, 0.6) is 0 Å². The second kappa shape index (κ2) is 3.87. The molecule has 2 fully saturated rings. The van der Waals surface area contributed by atoms with E-state index < -0.39 is 5.97 Å². The molecule has 0 aromatic rings. The van der Waals surface area contributed by atoms with Gasteiger partial charge in [-0.1, -0.05) is 0 Å². The summed E-state index contributed by atoms with van der Waals surface area (Å²) in [5.74, 6) is -0.845. The Hall–Kier alpha value is -0.610. The van der Waals surface area contributed by atoms with Crippen LogP contribution in [-0.4, -0.2) is 36.5 Å². The van der Waals surface area contributed by atoms with Crippen LogP contribution in [0.1, 0.15) is 25.7 Å². The molecule has 0 atom stereocenters. The zero-order chi connectivity index (χ0) is 10.0. The summed E-state index contributed by atoms with van der Waals surface area (Å²) in [7, 11) is 0. The van der Waals surface area contributed by atoms with Crippen LogP contribution in [0.3, 0.4) is 0 Å². The van der Waals surface area contributed by atoms with Gasteiger partial charge in [-0.3, -0.25) is 4.79 Å². The lowest BCUT2D eigenvalue weighted by Crippen LogP contribution is -2.46. The van der Waals surface area contributed by atoms with Gasteiger partial charge in [0, 0.05) is 0 Å². The fourth-order valence-electron chi connectivity index (χ4n) is 2.30. The third-order valence-corrected chi connectivity index (χ3v) is 3.25. The van der Waals surface area contributed by atoms with Gasteiger partial charge in [-0.15, -0.1) is 0 Å². The van der Waals surface area contributed by atoms with Gasteiger partial charge in [-0.2, -0.15) is 0 Å². The van der Waals surface area contributed by atoms with E-state index in [9.17, 15) is 4.79 Å². The molecular formula is C10H16O4. The Labute approximate surface area is 83.2 Å². The minimum atomic E-state index is -0.670. The van der Waals surface area contributed by atoms with Crippen molar-refractivity contribution in [2.75, 3.05) is 19.8 Å². The van der Waals surface area contributed by atoms with Crippen LogP contribution < -0.4 is 0 Å². The molecule has 0 aromatic heterocycles. The van der Waals surface area contributed by atoms with Gasteiger partial charge in [0.2, 0.25) is 0 Å². The number of hydrogen-bond acceptors (Lipinski definition) is 3. The molecule has 0 bridgehead atoms. The number of rotatable bonds is 1. The maximum absolute atomic E-state index is 10.8. The minimum absolute atomic E-state index is 0.163. The second-order valence-electron chi connectivity index (χ2n) is 4.20. The number of aliphatic carboxylic acids is 1. The Morgan fingerprint density at radius 1 is 1.29 bits per heavy atom. The number of hydrogen-bond donors (Lipinski definition) is 1. The Kier molecular flexibility index (Phi) is 2.74. The first-order valence-electron chi connectivity index (χ1n) is 5.16. The van der Waals surface area contributed by atoms with Crippen LogP contribution >= 0.6 is 0 Å². The van der Waals surface area contributed by atoms with Crippen LogP contribution in [0.2, 0.25) is 0 Å². The molecule has 4 heteroatoms. The van der Waals surface area contributed by atoms with Gasteiger partial charge in [-0.25, -0.2) is 0 Å². The summed E-state index contributed by atoms with van der Waals surface area (Å²) >= 11 is 0. The highest BCUT2D eigenvalue weighted by atomic mass is 16.6. The van der Waals surface area contributed by atoms with E-state index in [1.54, 1.807) is 0 Å². The van der Waals surface area contributed by atoms with E-state index in [2.05, 4.69) is 0 Å². The fourth-order valence-corrected chi connectivity index (χ4v) is 2.30. The Morgan fingerprint density at radius 2 is 2.00 bits per heavy atom. The van der Waals surface area contributed by atoms with Crippen molar-refractivity contribution in [2.24, 2.45) is 5.92 Å². The smallest absolute Gasteiger partial charge is 0.306 e. The van der Waals surface area contributed by atoms with Gasteiger partial charge in [-0.05, 0) is 25.7 Å². The molecule has 1 spiro atoms. The molecule has 2 rings (SSSR count). The van der Waals surface area contributed by atoms with Gasteiger partial charge >= 0.3 is 5.97 Å². The van der Waals surface area contributed by atoms with Crippen molar-refractivity contribution < 1.29 is 19.4 Å². The molecule has 80 valence electrons. The molecule has 0 aromatic carbocycles. The first-order chi connectivity index (χ1) is 6.72. The lowest BCUT2D eigenvalue weighted by molar-refractivity contribution is -0.178. The quantitative estimate of drug-likeness (QED) is 0.687. The van der Waals surface area contributed by atoms with Crippen LogP contribution in [-0.2, 0) is 14.3 Å². The van der Waals surface area contributed by atoms with Gasteiger partial charge in [0.1, 0.15) is 0 Å². The number of carbonyl (C=O) groups is 1. The lowest BCUT2D eigenvalue weighted by Gasteiger charge is -2.41. The standard InChI is InChI=1S/C10H16O4/c11-9(12)8-1-3-10(4-2-8)7-13-5-6-14-10/h8H,1-7H2,(H,11,12). The summed E-state index contributed by atoms with van der Waals surface area (Å²) in [5, 5.41) is 8.85. The average molecular weight is 200 g/mol. The SMILES string of the molecule is O=C(O)C1CCC2(CC1)COCCO2. The zero-order valence-electron chi connectivity index (χ0n) is 8.20. The van der Waals surface area contributed by atoms with E-state index in [4.69, 9.17) is 14.6 Å². The molecule has 1 N–H and O–H groups in total. The summed E-state index contributed by atoms with van der Waals surface area (Å²) in [6.07, 6.45) is 3.09. The molecule has 0 amide bonds. The predicted molar refractivity (Wildman–Crippen MR) is 49.1 cm³/mol. The molecule has 14 heavy (non-hydrogen) atoms. The molecule has 1 aliphatic carbocycles. The topological polar surface area (TPSA) is 55.8 Å². The molecule has 4 nitrogen and oxygen atoms in total. The zero-order valence-corrected chi connectivity index (χ0v) is 8.20. The van der Waals surface area contributed by atoms with Crippen molar-refractivity contribution >= 4 is 5.97 Å². The highest BCUT2D eigenvalue weighted by molar-refractivity contribution is 5.70. The first-order valence-corrected chi connectivity index (χ1v) is 5.16.